The molecule has 0 unspecified atom stereocenters. The third-order valence-corrected chi connectivity index (χ3v) is 7.32. The van der Waals surface area contributed by atoms with Crippen molar-refractivity contribution in [3.8, 4) is 22.4 Å². The third kappa shape index (κ3) is 3.08. The highest BCUT2D eigenvalue weighted by Crippen LogP contribution is 2.35. The van der Waals surface area contributed by atoms with Crippen molar-refractivity contribution in [2.24, 2.45) is 0 Å². The minimum Gasteiger partial charge on any atom is -0.456 e. The lowest BCUT2D eigenvalue weighted by atomic mass is 9.99. The summed E-state index contributed by atoms with van der Waals surface area (Å²) in [6.45, 7) is 0. The van der Waals surface area contributed by atoms with E-state index in [4.69, 9.17) is 14.4 Å². The van der Waals surface area contributed by atoms with Crippen LogP contribution in [0.2, 0.25) is 0 Å². The molecule has 0 atom stereocenters. The molecule has 0 aliphatic carbocycles. The van der Waals surface area contributed by atoms with E-state index in [1.807, 2.05) is 18.3 Å². The molecule has 0 amide bonds. The zero-order chi connectivity index (χ0) is 24.3. The van der Waals surface area contributed by atoms with E-state index in [0.717, 1.165) is 66.1 Å². The topological polar surface area (TPSA) is 38.9 Å². The van der Waals surface area contributed by atoms with E-state index in [2.05, 4.69) is 103 Å². The van der Waals surface area contributed by atoms with Crippen LogP contribution in [0.15, 0.2) is 126 Å². The van der Waals surface area contributed by atoms with Gasteiger partial charge in [0.2, 0.25) is 0 Å². The fourth-order valence-electron chi connectivity index (χ4n) is 5.50. The first-order valence-electron chi connectivity index (χ1n) is 12.4. The first kappa shape index (κ1) is 20.2. The molecule has 0 aliphatic heterocycles. The summed E-state index contributed by atoms with van der Waals surface area (Å²) in [5.41, 5.74) is 7.94. The van der Waals surface area contributed by atoms with Crippen molar-refractivity contribution in [2.75, 3.05) is 0 Å². The van der Waals surface area contributed by atoms with Gasteiger partial charge in [0.15, 0.2) is 0 Å². The molecule has 3 heteroatoms. The second-order valence-corrected chi connectivity index (χ2v) is 9.43. The van der Waals surface area contributed by atoms with Crippen LogP contribution in [0.25, 0.3) is 76.9 Å². The van der Waals surface area contributed by atoms with E-state index >= 15 is 0 Å². The zero-order valence-electron chi connectivity index (χ0n) is 19.8. The van der Waals surface area contributed by atoms with Gasteiger partial charge in [-0.05, 0) is 40.1 Å². The molecule has 0 spiro atoms. The monoisotopic (exact) mass is 472 g/mol. The van der Waals surface area contributed by atoms with Crippen LogP contribution in [0.4, 0.5) is 0 Å². The van der Waals surface area contributed by atoms with Gasteiger partial charge in [0.05, 0.1) is 22.9 Å². The van der Waals surface area contributed by atoms with Crippen LogP contribution in [0.3, 0.4) is 0 Å². The highest BCUT2D eigenvalue weighted by atomic mass is 16.3. The standard InChI is InChI=1S/C34H20N2O/c1-3-10-27-24(7-1)25-8-2-4-11-28(25)34-33(27)35-20-30(36-34)22-15-13-21(14-16-22)23-17-18-32-29(19-23)26-9-5-6-12-31(26)37-32/h1-20H. The Kier molecular flexibility index (Phi) is 4.23. The van der Waals surface area contributed by atoms with E-state index in [0.29, 0.717) is 0 Å². The molecule has 0 saturated carbocycles. The minimum atomic E-state index is 0.871. The minimum absolute atomic E-state index is 0.871. The molecular weight excluding hydrogens is 452 g/mol. The average Bonchev–Trinajstić information content (AvgIpc) is 3.35. The van der Waals surface area contributed by atoms with Crippen molar-refractivity contribution in [3.63, 3.8) is 0 Å². The third-order valence-electron chi connectivity index (χ3n) is 7.32. The van der Waals surface area contributed by atoms with Crippen LogP contribution >= 0.6 is 0 Å². The van der Waals surface area contributed by atoms with Gasteiger partial charge in [-0.15, -0.1) is 0 Å². The number of benzene rings is 6. The molecule has 3 nitrogen and oxygen atoms in total. The second-order valence-electron chi connectivity index (χ2n) is 9.43. The van der Waals surface area contributed by atoms with Gasteiger partial charge in [-0.3, -0.25) is 4.98 Å². The summed E-state index contributed by atoms with van der Waals surface area (Å²) in [5, 5.41) is 6.95. The van der Waals surface area contributed by atoms with Gasteiger partial charge < -0.3 is 4.42 Å². The lowest BCUT2D eigenvalue weighted by Gasteiger charge is -2.10. The number of aromatic nitrogens is 2. The smallest absolute Gasteiger partial charge is 0.135 e. The predicted octanol–water partition coefficient (Wildman–Crippen LogP) is 9.17. The van der Waals surface area contributed by atoms with Gasteiger partial charge in [0, 0.05) is 27.1 Å². The number of hydrogen-bond donors (Lipinski definition) is 0. The Morgan fingerprint density at radius 3 is 1.76 bits per heavy atom. The lowest BCUT2D eigenvalue weighted by Crippen LogP contribution is -1.92. The van der Waals surface area contributed by atoms with Crippen molar-refractivity contribution in [1.82, 2.24) is 9.97 Å². The van der Waals surface area contributed by atoms with Gasteiger partial charge in [-0.1, -0.05) is 97.1 Å². The average molecular weight is 473 g/mol. The van der Waals surface area contributed by atoms with E-state index in [9.17, 15) is 0 Å². The van der Waals surface area contributed by atoms with Gasteiger partial charge in [0.25, 0.3) is 0 Å². The molecule has 8 aromatic rings. The number of fused-ring (bicyclic) bond motifs is 9. The molecule has 0 bridgehead atoms. The zero-order valence-corrected chi connectivity index (χ0v) is 19.8. The van der Waals surface area contributed by atoms with Gasteiger partial charge in [-0.2, -0.15) is 0 Å². The van der Waals surface area contributed by atoms with Crippen LogP contribution in [-0.4, -0.2) is 9.97 Å². The summed E-state index contributed by atoms with van der Waals surface area (Å²) in [6.07, 6.45) is 1.89. The Hall–Kier alpha value is -5.02. The number of furan rings is 1. The molecule has 172 valence electrons. The van der Waals surface area contributed by atoms with E-state index < -0.39 is 0 Å². The maximum atomic E-state index is 6.00. The number of rotatable bonds is 2. The van der Waals surface area contributed by atoms with Crippen molar-refractivity contribution in [1.29, 1.82) is 0 Å². The van der Waals surface area contributed by atoms with Crippen molar-refractivity contribution in [2.45, 2.75) is 0 Å². The highest BCUT2D eigenvalue weighted by Gasteiger charge is 2.12. The molecule has 0 fully saturated rings. The Balaban J connectivity index is 1.24. The van der Waals surface area contributed by atoms with Crippen LogP contribution in [0.1, 0.15) is 0 Å². The molecular formula is C34H20N2O. The van der Waals surface area contributed by atoms with Crippen LogP contribution in [0, 0.1) is 0 Å². The molecule has 0 saturated heterocycles. The number of nitrogens with zero attached hydrogens (tertiary/aromatic N) is 2. The molecule has 0 N–H and O–H groups in total. The van der Waals surface area contributed by atoms with Crippen LogP contribution < -0.4 is 0 Å². The Morgan fingerprint density at radius 1 is 0.432 bits per heavy atom. The predicted molar refractivity (Wildman–Crippen MR) is 153 cm³/mol. The molecule has 6 aromatic carbocycles. The quantitative estimate of drug-likeness (QED) is 0.235. The van der Waals surface area contributed by atoms with Crippen LogP contribution in [0.5, 0.6) is 0 Å². The fourth-order valence-corrected chi connectivity index (χ4v) is 5.50. The summed E-state index contributed by atoms with van der Waals surface area (Å²) in [6, 6.07) is 40.0. The number of para-hydroxylation sites is 1. The maximum absolute atomic E-state index is 6.00. The maximum Gasteiger partial charge on any atom is 0.135 e. The Morgan fingerprint density at radius 2 is 1.00 bits per heavy atom. The normalized spacial score (nSPS) is 11.8. The molecule has 37 heavy (non-hydrogen) atoms. The van der Waals surface area contributed by atoms with E-state index in [1.165, 1.54) is 10.8 Å². The molecule has 2 aromatic heterocycles. The first-order valence-corrected chi connectivity index (χ1v) is 12.4. The summed E-state index contributed by atoms with van der Waals surface area (Å²) >= 11 is 0. The SMILES string of the molecule is c1ccc2c(c1)oc1ccc(-c3ccc(-c4cnc5c6ccccc6c6ccccc6c5n4)cc3)cc12. The summed E-state index contributed by atoms with van der Waals surface area (Å²) in [4.78, 5) is 10.0. The van der Waals surface area contributed by atoms with E-state index in [-0.39, 0.29) is 0 Å². The van der Waals surface area contributed by atoms with Gasteiger partial charge in [-0.25, -0.2) is 4.98 Å². The van der Waals surface area contributed by atoms with E-state index in [1.54, 1.807) is 0 Å². The molecule has 2 heterocycles. The van der Waals surface area contributed by atoms with Crippen molar-refractivity contribution < 1.29 is 4.42 Å². The summed E-state index contributed by atoms with van der Waals surface area (Å²) in [5.74, 6) is 0. The van der Waals surface area contributed by atoms with Gasteiger partial charge >= 0.3 is 0 Å². The highest BCUT2D eigenvalue weighted by molar-refractivity contribution is 6.23. The Bertz CT molecular complexity index is 2100. The molecule has 8 rings (SSSR count). The lowest BCUT2D eigenvalue weighted by molar-refractivity contribution is 0.669. The second kappa shape index (κ2) is 7.74. The number of hydrogen-bond acceptors (Lipinski definition) is 3. The van der Waals surface area contributed by atoms with Crippen LogP contribution in [-0.2, 0) is 0 Å². The Labute approximate surface area is 212 Å². The summed E-state index contributed by atoms with van der Waals surface area (Å²) < 4.78 is 6.00. The molecule has 0 aliphatic rings. The van der Waals surface area contributed by atoms with Gasteiger partial charge in [0.1, 0.15) is 11.2 Å². The largest absolute Gasteiger partial charge is 0.456 e. The summed E-state index contributed by atoms with van der Waals surface area (Å²) in [7, 11) is 0. The first-order chi connectivity index (χ1) is 18.3. The van der Waals surface area contributed by atoms with Crippen molar-refractivity contribution in [3.05, 3.63) is 121 Å². The van der Waals surface area contributed by atoms with Crippen molar-refractivity contribution >= 4 is 54.5 Å². The molecule has 0 radical (unpaired) electrons. The fraction of sp³-hybridized carbons (Fsp3) is 0.